The molecule has 5 rings (SSSR count). The predicted octanol–water partition coefficient (Wildman–Crippen LogP) is 4.63. The van der Waals surface area contributed by atoms with Gasteiger partial charge in [-0.2, -0.15) is 0 Å². The molecule has 0 aliphatic carbocycles. The Morgan fingerprint density at radius 3 is 2.47 bits per heavy atom. The molecule has 1 aliphatic rings. The number of carbonyl (C=O) groups excluding carboxylic acids is 2. The number of nitrogens with zero attached hydrogens (tertiary/aromatic N) is 2. The van der Waals surface area contributed by atoms with Crippen molar-refractivity contribution < 1.29 is 33.3 Å². The number of hydrogen-bond acceptors (Lipinski definition) is 10. The van der Waals surface area contributed by atoms with Crippen LogP contribution in [0.4, 0.5) is 5.69 Å². The van der Waals surface area contributed by atoms with Crippen LogP contribution in [0.5, 0.6) is 17.2 Å². The fourth-order valence-electron chi connectivity index (χ4n) is 5.26. The summed E-state index contributed by atoms with van der Waals surface area (Å²) in [7, 11) is 1.52. The number of rotatable bonds is 14. The van der Waals surface area contributed by atoms with Gasteiger partial charge in [0.25, 0.3) is 11.5 Å². The maximum Gasteiger partial charge on any atom is 0.338 e. The van der Waals surface area contributed by atoms with Crippen molar-refractivity contribution in [3.05, 3.63) is 115 Å². The summed E-state index contributed by atoms with van der Waals surface area (Å²) in [6, 6.07) is 20.8. The van der Waals surface area contributed by atoms with Crippen molar-refractivity contribution in [3.8, 4) is 17.2 Å². The minimum absolute atomic E-state index is 0.0486. The van der Waals surface area contributed by atoms with Crippen molar-refractivity contribution in [2.45, 2.75) is 39.8 Å². The Labute approximate surface area is 288 Å². The van der Waals surface area contributed by atoms with Crippen LogP contribution in [-0.4, -0.2) is 56.1 Å². The highest BCUT2D eigenvalue weighted by Crippen LogP contribution is 2.36. The van der Waals surface area contributed by atoms with E-state index in [1.807, 2.05) is 63.2 Å². The van der Waals surface area contributed by atoms with Crippen molar-refractivity contribution in [2.24, 2.45) is 4.99 Å². The lowest BCUT2D eigenvalue weighted by Crippen LogP contribution is -2.40. The fourth-order valence-corrected chi connectivity index (χ4v) is 6.30. The second kappa shape index (κ2) is 16.3. The molecule has 0 saturated carbocycles. The molecule has 256 valence electrons. The van der Waals surface area contributed by atoms with Gasteiger partial charge in [-0.25, -0.2) is 9.79 Å². The summed E-state index contributed by atoms with van der Waals surface area (Å²) < 4.78 is 30.3. The molecule has 1 aliphatic heterocycles. The maximum absolute atomic E-state index is 14.2. The zero-order valence-corrected chi connectivity index (χ0v) is 28.9. The summed E-state index contributed by atoms with van der Waals surface area (Å²) in [6.45, 7) is 7.82. The highest BCUT2D eigenvalue weighted by atomic mass is 32.1. The first-order chi connectivity index (χ1) is 23.7. The Hall–Kier alpha value is -5.20. The number of para-hydroxylation sites is 2. The first kappa shape index (κ1) is 35.1. The van der Waals surface area contributed by atoms with Crippen LogP contribution in [0.15, 0.2) is 93.9 Å². The number of anilines is 1. The predicted molar refractivity (Wildman–Crippen MR) is 187 cm³/mol. The minimum Gasteiger partial charge on any atom is -0.491 e. The van der Waals surface area contributed by atoms with Gasteiger partial charge in [-0.3, -0.25) is 14.2 Å². The van der Waals surface area contributed by atoms with Crippen LogP contribution in [0, 0.1) is 0 Å². The number of ether oxygens (including phenoxy) is 5. The van der Waals surface area contributed by atoms with E-state index in [2.05, 4.69) is 10.3 Å². The number of nitrogens with one attached hydrogen (secondary N) is 1. The second-order valence-electron chi connectivity index (χ2n) is 11.3. The van der Waals surface area contributed by atoms with Crippen molar-refractivity contribution >= 4 is 35.0 Å². The molecule has 4 aromatic rings. The Bertz CT molecular complexity index is 2020. The summed E-state index contributed by atoms with van der Waals surface area (Å²) in [4.78, 5) is 45.3. The van der Waals surface area contributed by atoms with Crippen LogP contribution < -0.4 is 34.4 Å². The van der Waals surface area contributed by atoms with Gasteiger partial charge in [0.1, 0.15) is 18.4 Å². The van der Waals surface area contributed by atoms with E-state index in [0.29, 0.717) is 55.7 Å². The number of esters is 1. The molecule has 12 heteroatoms. The third-order valence-corrected chi connectivity index (χ3v) is 8.30. The standard InChI is InChI=1S/C37H39N3O8S/c1-6-45-30-20-25(16-17-29(30)47-22-32(41)39-26-12-8-7-9-13-26)21-31-35(42)40-34(27-14-10-11-15-28(27)48-23(2)3)33(24(4)38-37(40)49-31)36(43)46-19-18-44-5/h7-17,20-21,23,34H,6,18-19,22H2,1-5H3,(H,39,41)/b31-21+/t34-/m1/s1. The lowest BCUT2D eigenvalue weighted by Gasteiger charge is -2.27. The Morgan fingerprint density at radius 2 is 1.73 bits per heavy atom. The highest BCUT2D eigenvalue weighted by Gasteiger charge is 2.35. The van der Waals surface area contributed by atoms with Crippen molar-refractivity contribution in [1.82, 2.24) is 4.57 Å². The summed E-state index contributed by atoms with van der Waals surface area (Å²) in [5.74, 6) is 0.449. The minimum atomic E-state index is -0.847. The lowest BCUT2D eigenvalue weighted by atomic mass is 9.95. The summed E-state index contributed by atoms with van der Waals surface area (Å²) >= 11 is 1.21. The molecule has 0 radical (unpaired) electrons. The summed E-state index contributed by atoms with van der Waals surface area (Å²) in [5, 5.41) is 2.79. The van der Waals surface area contributed by atoms with E-state index in [1.165, 1.54) is 23.0 Å². The Balaban J connectivity index is 1.52. The Morgan fingerprint density at radius 1 is 0.980 bits per heavy atom. The molecule has 0 unspecified atom stereocenters. The molecular formula is C37H39N3O8S. The van der Waals surface area contributed by atoms with E-state index in [9.17, 15) is 14.4 Å². The fraction of sp³-hybridized carbons (Fsp3) is 0.297. The van der Waals surface area contributed by atoms with Gasteiger partial charge in [0.2, 0.25) is 0 Å². The lowest BCUT2D eigenvalue weighted by molar-refractivity contribution is -0.140. The average molecular weight is 686 g/mol. The molecular weight excluding hydrogens is 646 g/mol. The average Bonchev–Trinajstić information content (AvgIpc) is 3.38. The molecule has 0 bridgehead atoms. The van der Waals surface area contributed by atoms with E-state index < -0.39 is 12.0 Å². The van der Waals surface area contributed by atoms with E-state index in [-0.39, 0.29) is 43.0 Å². The molecule has 2 heterocycles. The number of benzene rings is 3. The highest BCUT2D eigenvalue weighted by molar-refractivity contribution is 7.07. The molecule has 1 N–H and O–H groups in total. The van der Waals surface area contributed by atoms with Crippen LogP contribution in [0.25, 0.3) is 6.08 Å². The first-order valence-electron chi connectivity index (χ1n) is 15.9. The molecule has 3 aromatic carbocycles. The third-order valence-electron chi connectivity index (χ3n) is 7.32. The van der Waals surface area contributed by atoms with Gasteiger partial charge in [0.15, 0.2) is 22.9 Å². The van der Waals surface area contributed by atoms with E-state index in [0.717, 1.165) is 0 Å². The van der Waals surface area contributed by atoms with Gasteiger partial charge >= 0.3 is 5.97 Å². The van der Waals surface area contributed by atoms with Crippen molar-refractivity contribution in [1.29, 1.82) is 0 Å². The maximum atomic E-state index is 14.2. The quantitative estimate of drug-likeness (QED) is 0.151. The third kappa shape index (κ3) is 8.45. The topological polar surface area (TPSA) is 127 Å². The molecule has 11 nitrogen and oxygen atoms in total. The van der Waals surface area contributed by atoms with Gasteiger partial charge in [-0.15, -0.1) is 0 Å². The van der Waals surface area contributed by atoms with E-state index in [4.69, 9.17) is 23.7 Å². The first-order valence-corrected chi connectivity index (χ1v) is 16.7. The number of aromatic nitrogens is 1. The zero-order chi connectivity index (χ0) is 34.9. The monoisotopic (exact) mass is 685 g/mol. The molecule has 1 atom stereocenters. The molecule has 0 fully saturated rings. The Kier molecular flexibility index (Phi) is 11.7. The number of carbonyl (C=O) groups is 2. The number of thiazole rings is 1. The number of methoxy groups -OCH3 is 1. The van der Waals surface area contributed by atoms with Gasteiger partial charge < -0.3 is 29.0 Å². The molecule has 0 saturated heterocycles. The number of fused-ring (bicyclic) bond motifs is 1. The van der Waals surface area contributed by atoms with Crippen LogP contribution in [0.3, 0.4) is 0 Å². The molecule has 1 amide bonds. The van der Waals surface area contributed by atoms with Crippen LogP contribution in [0.2, 0.25) is 0 Å². The molecule has 49 heavy (non-hydrogen) atoms. The summed E-state index contributed by atoms with van der Waals surface area (Å²) in [5.41, 5.74) is 2.32. The van der Waals surface area contributed by atoms with Crippen LogP contribution >= 0.6 is 11.3 Å². The van der Waals surface area contributed by atoms with Gasteiger partial charge in [-0.1, -0.05) is 53.8 Å². The van der Waals surface area contributed by atoms with Gasteiger partial charge in [-0.05, 0) is 69.7 Å². The van der Waals surface area contributed by atoms with E-state index in [1.54, 1.807) is 43.3 Å². The smallest absolute Gasteiger partial charge is 0.338 e. The number of amides is 1. The summed E-state index contributed by atoms with van der Waals surface area (Å²) in [6.07, 6.45) is 1.59. The number of allylic oxidation sites excluding steroid dienone is 1. The largest absolute Gasteiger partial charge is 0.491 e. The zero-order valence-electron chi connectivity index (χ0n) is 28.1. The number of hydrogen-bond donors (Lipinski definition) is 1. The second-order valence-corrected chi connectivity index (χ2v) is 12.3. The van der Waals surface area contributed by atoms with Crippen LogP contribution in [-0.2, 0) is 19.1 Å². The molecule has 1 aromatic heterocycles. The van der Waals surface area contributed by atoms with Gasteiger partial charge in [0.05, 0.1) is 35.1 Å². The van der Waals surface area contributed by atoms with Gasteiger partial charge in [0, 0.05) is 18.4 Å². The van der Waals surface area contributed by atoms with Crippen molar-refractivity contribution in [3.63, 3.8) is 0 Å². The van der Waals surface area contributed by atoms with E-state index >= 15 is 0 Å². The van der Waals surface area contributed by atoms with Crippen molar-refractivity contribution in [2.75, 3.05) is 38.9 Å². The SMILES string of the molecule is CCOc1cc(/C=c2/sc3n(c2=O)[C@H](c2ccccc2OC(C)C)C(C(=O)OCCOC)=C(C)N=3)ccc1OCC(=O)Nc1ccccc1. The van der Waals surface area contributed by atoms with Crippen LogP contribution in [0.1, 0.15) is 44.9 Å². The normalized spacial score (nSPS) is 14.2. The molecule has 0 spiro atoms.